The zero-order valence-corrected chi connectivity index (χ0v) is 13.2. The fraction of sp³-hybridized carbons (Fsp3) is 0.588. The van der Waals surface area contributed by atoms with Gasteiger partial charge >= 0.3 is 0 Å². The average molecular weight is 304 g/mol. The lowest BCUT2D eigenvalue weighted by molar-refractivity contribution is -0.139. The molecule has 5 nitrogen and oxygen atoms in total. The lowest BCUT2D eigenvalue weighted by Crippen LogP contribution is -2.53. The normalized spacial score (nSPS) is 28.7. The van der Waals surface area contributed by atoms with Crippen molar-refractivity contribution >= 4 is 5.91 Å². The second kappa shape index (κ2) is 6.67. The number of ether oxygens (including phenoxy) is 2. The molecule has 5 heteroatoms. The molecule has 1 aliphatic carbocycles. The van der Waals surface area contributed by atoms with Crippen molar-refractivity contribution in [3.8, 4) is 5.75 Å². The summed E-state index contributed by atoms with van der Waals surface area (Å²) in [5.41, 5.74) is 1.24. The number of amides is 1. The molecular weight excluding hydrogens is 280 g/mol. The Kier molecular flexibility index (Phi) is 4.64. The molecule has 3 rings (SSSR count). The molecule has 1 aromatic rings. The standard InChI is InChI=1S/C17H24N2O3/c1-19-7-8-22-16(11-19)17(20)18-13-9-12(10-13)14-5-3-4-6-15(14)21-2/h3-6,12-13,16H,7-11H2,1-2H3,(H,18,20). The van der Waals surface area contributed by atoms with E-state index in [4.69, 9.17) is 9.47 Å². The number of benzene rings is 1. The summed E-state index contributed by atoms with van der Waals surface area (Å²) in [6.45, 7) is 2.20. The van der Waals surface area contributed by atoms with Gasteiger partial charge in [0.2, 0.25) is 0 Å². The van der Waals surface area contributed by atoms with Gasteiger partial charge in [0.15, 0.2) is 0 Å². The summed E-state index contributed by atoms with van der Waals surface area (Å²) in [6.07, 6.45) is 1.60. The quantitative estimate of drug-likeness (QED) is 0.913. The van der Waals surface area contributed by atoms with Crippen LogP contribution in [0.15, 0.2) is 24.3 Å². The third kappa shape index (κ3) is 3.25. The predicted octanol–water partition coefficient (Wildman–Crippen LogP) is 1.39. The predicted molar refractivity (Wildman–Crippen MR) is 84.1 cm³/mol. The molecule has 1 saturated heterocycles. The molecule has 22 heavy (non-hydrogen) atoms. The fourth-order valence-electron chi connectivity index (χ4n) is 3.22. The van der Waals surface area contributed by atoms with Crippen molar-refractivity contribution < 1.29 is 14.3 Å². The second-order valence-corrected chi connectivity index (χ2v) is 6.24. The molecule has 2 aliphatic rings. The molecule has 1 aliphatic heterocycles. The van der Waals surface area contributed by atoms with Crippen LogP contribution in [0.4, 0.5) is 0 Å². The third-order valence-electron chi connectivity index (χ3n) is 4.63. The van der Waals surface area contributed by atoms with Gasteiger partial charge in [-0.25, -0.2) is 0 Å². The number of carbonyl (C=O) groups is 1. The van der Waals surface area contributed by atoms with Crippen molar-refractivity contribution in [2.75, 3.05) is 33.9 Å². The van der Waals surface area contributed by atoms with Crippen molar-refractivity contribution in [1.82, 2.24) is 10.2 Å². The van der Waals surface area contributed by atoms with Crippen molar-refractivity contribution in [2.45, 2.75) is 30.9 Å². The summed E-state index contributed by atoms with van der Waals surface area (Å²) in [5, 5.41) is 3.11. The second-order valence-electron chi connectivity index (χ2n) is 6.24. The number of para-hydroxylation sites is 1. The van der Waals surface area contributed by atoms with Gasteiger partial charge in [0, 0.05) is 19.1 Å². The van der Waals surface area contributed by atoms with E-state index in [1.165, 1.54) is 5.56 Å². The third-order valence-corrected chi connectivity index (χ3v) is 4.63. The van der Waals surface area contributed by atoms with Gasteiger partial charge in [-0.3, -0.25) is 4.79 Å². The molecule has 0 radical (unpaired) electrons. The molecule has 2 fully saturated rings. The van der Waals surface area contributed by atoms with Crippen molar-refractivity contribution in [3.05, 3.63) is 29.8 Å². The summed E-state index contributed by atoms with van der Waals surface area (Å²) in [5.74, 6) is 1.43. The summed E-state index contributed by atoms with van der Waals surface area (Å²) in [7, 11) is 3.72. The van der Waals surface area contributed by atoms with Gasteiger partial charge in [0.05, 0.1) is 13.7 Å². The van der Waals surface area contributed by atoms with E-state index < -0.39 is 0 Å². The van der Waals surface area contributed by atoms with Gasteiger partial charge in [-0.1, -0.05) is 18.2 Å². The van der Waals surface area contributed by atoms with E-state index in [-0.39, 0.29) is 18.1 Å². The molecule has 0 aromatic heterocycles. The molecule has 0 spiro atoms. The first kappa shape index (κ1) is 15.3. The van der Waals surface area contributed by atoms with Gasteiger partial charge in [-0.15, -0.1) is 0 Å². The Morgan fingerprint density at radius 3 is 2.86 bits per heavy atom. The van der Waals surface area contributed by atoms with Crippen molar-refractivity contribution in [2.24, 2.45) is 0 Å². The molecule has 1 saturated carbocycles. The Morgan fingerprint density at radius 1 is 1.36 bits per heavy atom. The first-order valence-electron chi connectivity index (χ1n) is 7.91. The lowest BCUT2D eigenvalue weighted by atomic mass is 9.75. The lowest BCUT2D eigenvalue weighted by Gasteiger charge is -2.38. The van der Waals surface area contributed by atoms with Gasteiger partial charge in [-0.05, 0) is 37.4 Å². The van der Waals surface area contributed by atoms with E-state index in [1.54, 1.807) is 7.11 Å². The Bertz CT molecular complexity index is 528. The van der Waals surface area contributed by atoms with Gasteiger partial charge in [-0.2, -0.15) is 0 Å². The number of morpholine rings is 1. The highest BCUT2D eigenvalue weighted by Crippen LogP contribution is 2.40. The van der Waals surface area contributed by atoms with E-state index in [1.807, 2.05) is 25.2 Å². The highest BCUT2D eigenvalue weighted by Gasteiger charge is 2.35. The minimum absolute atomic E-state index is 0.0232. The van der Waals surface area contributed by atoms with Crippen LogP contribution in [-0.4, -0.2) is 56.8 Å². The monoisotopic (exact) mass is 304 g/mol. The van der Waals surface area contributed by atoms with Crippen LogP contribution in [0.3, 0.4) is 0 Å². The molecule has 120 valence electrons. The van der Waals surface area contributed by atoms with Crippen LogP contribution in [0.25, 0.3) is 0 Å². The smallest absolute Gasteiger partial charge is 0.250 e. The number of methoxy groups -OCH3 is 1. The molecule has 1 unspecified atom stereocenters. The van der Waals surface area contributed by atoms with Crippen LogP contribution in [-0.2, 0) is 9.53 Å². The van der Waals surface area contributed by atoms with E-state index in [9.17, 15) is 4.79 Å². The van der Waals surface area contributed by atoms with E-state index in [0.29, 0.717) is 19.1 Å². The Hall–Kier alpha value is -1.59. The number of hydrogen-bond donors (Lipinski definition) is 1. The number of nitrogens with one attached hydrogen (secondary N) is 1. The minimum Gasteiger partial charge on any atom is -0.496 e. The molecule has 1 atom stereocenters. The van der Waals surface area contributed by atoms with Crippen LogP contribution < -0.4 is 10.1 Å². The maximum Gasteiger partial charge on any atom is 0.250 e. The Balaban J connectivity index is 1.50. The molecule has 1 N–H and O–H groups in total. The molecule has 1 heterocycles. The van der Waals surface area contributed by atoms with Crippen LogP contribution in [0, 0.1) is 0 Å². The summed E-state index contributed by atoms with van der Waals surface area (Å²) >= 11 is 0. The molecule has 1 amide bonds. The number of hydrogen-bond acceptors (Lipinski definition) is 4. The topological polar surface area (TPSA) is 50.8 Å². The Labute approximate surface area is 131 Å². The van der Waals surface area contributed by atoms with Crippen LogP contribution >= 0.6 is 0 Å². The first-order chi connectivity index (χ1) is 10.7. The summed E-state index contributed by atoms with van der Waals surface area (Å²) in [4.78, 5) is 14.4. The highest BCUT2D eigenvalue weighted by atomic mass is 16.5. The largest absolute Gasteiger partial charge is 0.496 e. The zero-order valence-electron chi connectivity index (χ0n) is 13.2. The molecular formula is C17H24N2O3. The maximum absolute atomic E-state index is 12.2. The number of rotatable bonds is 4. The molecule has 0 bridgehead atoms. The van der Waals surface area contributed by atoms with E-state index in [0.717, 1.165) is 25.1 Å². The van der Waals surface area contributed by atoms with Crippen molar-refractivity contribution in [1.29, 1.82) is 0 Å². The maximum atomic E-state index is 12.2. The Morgan fingerprint density at radius 2 is 2.14 bits per heavy atom. The van der Waals surface area contributed by atoms with Gasteiger partial charge in [0.25, 0.3) is 5.91 Å². The van der Waals surface area contributed by atoms with Gasteiger partial charge in [0.1, 0.15) is 11.9 Å². The van der Waals surface area contributed by atoms with Crippen molar-refractivity contribution in [3.63, 3.8) is 0 Å². The zero-order chi connectivity index (χ0) is 15.5. The first-order valence-corrected chi connectivity index (χ1v) is 7.91. The van der Waals surface area contributed by atoms with Crippen LogP contribution in [0.2, 0.25) is 0 Å². The number of carbonyl (C=O) groups excluding carboxylic acids is 1. The van der Waals surface area contributed by atoms with E-state index >= 15 is 0 Å². The summed E-state index contributed by atoms with van der Waals surface area (Å²) < 4.78 is 11.0. The van der Waals surface area contributed by atoms with E-state index in [2.05, 4.69) is 16.3 Å². The van der Waals surface area contributed by atoms with Crippen LogP contribution in [0.1, 0.15) is 24.3 Å². The molecule has 1 aromatic carbocycles. The summed E-state index contributed by atoms with van der Waals surface area (Å²) in [6, 6.07) is 8.37. The number of likely N-dealkylation sites (N-methyl/N-ethyl adjacent to an activating group) is 1. The number of nitrogens with zero attached hydrogens (tertiary/aromatic N) is 1. The minimum atomic E-state index is -0.330. The highest BCUT2D eigenvalue weighted by molar-refractivity contribution is 5.81. The van der Waals surface area contributed by atoms with Gasteiger partial charge < -0.3 is 19.7 Å². The van der Waals surface area contributed by atoms with Crippen LogP contribution in [0.5, 0.6) is 5.75 Å². The SMILES string of the molecule is COc1ccccc1C1CC(NC(=O)C2CN(C)CCO2)C1. The fourth-order valence-corrected chi connectivity index (χ4v) is 3.22. The average Bonchev–Trinajstić information content (AvgIpc) is 2.50.